The van der Waals surface area contributed by atoms with Gasteiger partial charge in [-0.2, -0.15) is 0 Å². The molecule has 1 unspecified atom stereocenters. The van der Waals surface area contributed by atoms with E-state index < -0.39 is 62.6 Å². The van der Waals surface area contributed by atoms with Crippen LogP contribution in [0.25, 0.3) is 0 Å². The summed E-state index contributed by atoms with van der Waals surface area (Å²) >= 11 is 0. The smallest absolute Gasteiger partial charge is 0.462 e. The summed E-state index contributed by atoms with van der Waals surface area (Å²) in [6.07, 6.45) is 29.8. The van der Waals surface area contributed by atoms with Crippen LogP contribution in [-0.2, 0) is 37.5 Å². The minimum atomic E-state index is -4.48. The maximum absolute atomic E-state index is 12.9. The van der Waals surface area contributed by atoms with Crippen LogP contribution in [0.3, 0.4) is 0 Å². The Morgan fingerprint density at radius 2 is 1.25 bits per heavy atom. The lowest BCUT2D eigenvalue weighted by Crippen LogP contribution is -2.29. The lowest BCUT2D eigenvalue weighted by Gasteiger charge is -2.20. The van der Waals surface area contributed by atoms with Crippen LogP contribution in [0.4, 0.5) is 0 Å². The van der Waals surface area contributed by atoms with Crippen LogP contribution >= 0.6 is 7.82 Å². The van der Waals surface area contributed by atoms with Gasteiger partial charge in [0.25, 0.3) is 0 Å². The van der Waals surface area contributed by atoms with Crippen molar-refractivity contribution in [1.29, 1.82) is 0 Å². The molecule has 0 radical (unpaired) electrons. The summed E-state index contributed by atoms with van der Waals surface area (Å²) in [6, 6.07) is 0. The standard InChI is InChI=1S/C47H86NO12P/c1-3-5-7-8-9-10-11-12-13-14-15-16-17-18-19-20-21-22-24-29-46(53)57-37-41(38-59-61(55,56)58-34-33-48)60-47(54)30-26-25-28-40(50)35-43-42(44(51)36-45(43)52)32-31-39(49)27-23-6-4-2/h12-13,31-32,39,41-45,49,51-52H,3-11,14-30,33-38,48H2,1-2H3,(H,55,56)/b13-12-,32-31+/t39-,41+,42+,43+,44+,45-/m0/s1. The van der Waals surface area contributed by atoms with Crippen molar-refractivity contribution >= 4 is 25.5 Å². The second-order valence-electron chi connectivity index (χ2n) is 16.9. The monoisotopic (exact) mass is 888 g/mol. The molecule has 0 aromatic heterocycles. The first kappa shape index (κ1) is 57.1. The Balaban J connectivity index is 2.36. The third-order valence-electron chi connectivity index (χ3n) is 11.3. The number of phosphoric ester groups is 1. The zero-order valence-electron chi connectivity index (χ0n) is 38.0. The zero-order valence-corrected chi connectivity index (χ0v) is 38.9. The van der Waals surface area contributed by atoms with Crippen molar-refractivity contribution < 1.29 is 57.7 Å². The summed E-state index contributed by atoms with van der Waals surface area (Å²) in [5.41, 5.74) is 5.34. The van der Waals surface area contributed by atoms with E-state index in [-0.39, 0.29) is 57.6 Å². The van der Waals surface area contributed by atoms with Gasteiger partial charge in [0.1, 0.15) is 12.4 Å². The minimum Gasteiger partial charge on any atom is -0.462 e. The molecule has 1 aliphatic rings. The highest BCUT2D eigenvalue weighted by Crippen LogP contribution is 2.43. The van der Waals surface area contributed by atoms with Gasteiger partial charge in [0.2, 0.25) is 0 Å². The average Bonchev–Trinajstić information content (AvgIpc) is 3.49. The summed E-state index contributed by atoms with van der Waals surface area (Å²) in [7, 11) is -4.48. The number of hydrogen-bond donors (Lipinski definition) is 5. The van der Waals surface area contributed by atoms with Gasteiger partial charge in [-0.3, -0.25) is 23.4 Å². The number of carbonyl (C=O) groups excluding carboxylic acids is 3. The van der Waals surface area contributed by atoms with Crippen molar-refractivity contribution in [2.24, 2.45) is 17.6 Å². The van der Waals surface area contributed by atoms with Gasteiger partial charge < -0.3 is 35.4 Å². The van der Waals surface area contributed by atoms with Crippen LogP contribution in [0.1, 0.15) is 194 Å². The van der Waals surface area contributed by atoms with Gasteiger partial charge >= 0.3 is 19.8 Å². The first-order chi connectivity index (χ1) is 29.4. The first-order valence-electron chi connectivity index (χ1n) is 24.0. The number of unbranched alkanes of at least 4 members (excludes halogenated alkanes) is 18. The number of hydrogen-bond acceptors (Lipinski definition) is 12. The number of phosphoric acid groups is 1. The van der Waals surface area contributed by atoms with E-state index >= 15 is 0 Å². The topological polar surface area (TPSA) is 212 Å². The number of allylic oxidation sites excluding steroid dienone is 2. The van der Waals surface area contributed by atoms with Crippen molar-refractivity contribution in [2.75, 3.05) is 26.4 Å². The van der Waals surface area contributed by atoms with Gasteiger partial charge in [-0.15, -0.1) is 0 Å². The van der Waals surface area contributed by atoms with E-state index in [9.17, 15) is 39.2 Å². The number of Topliss-reactive ketones (excluding diaryl/α,β-unsaturated/α-hetero) is 1. The number of ether oxygens (including phenoxy) is 2. The Morgan fingerprint density at radius 1 is 0.705 bits per heavy atom. The lowest BCUT2D eigenvalue weighted by molar-refractivity contribution is -0.161. The predicted octanol–water partition coefficient (Wildman–Crippen LogP) is 9.51. The van der Waals surface area contributed by atoms with E-state index in [4.69, 9.17) is 24.3 Å². The van der Waals surface area contributed by atoms with E-state index in [1.807, 2.05) is 0 Å². The fourth-order valence-electron chi connectivity index (χ4n) is 7.63. The molecule has 0 aliphatic heterocycles. The lowest BCUT2D eigenvalue weighted by atomic mass is 9.87. The number of rotatable bonds is 41. The van der Waals surface area contributed by atoms with Crippen molar-refractivity contribution in [3.63, 3.8) is 0 Å². The van der Waals surface area contributed by atoms with Gasteiger partial charge in [0.15, 0.2) is 6.10 Å². The zero-order chi connectivity index (χ0) is 45.0. The predicted molar refractivity (Wildman–Crippen MR) is 241 cm³/mol. The van der Waals surface area contributed by atoms with Crippen LogP contribution in [0.2, 0.25) is 0 Å². The molecule has 7 atom stereocenters. The largest absolute Gasteiger partial charge is 0.472 e. The van der Waals surface area contributed by atoms with Crippen LogP contribution < -0.4 is 5.73 Å². The summed E-state index contributed by atoms with van der Waals surface area (Å²) < 4.78 is 32.7. The summed E-state index contributed by atoms with van der Waals surface area (Å²) in [5.74, 6) is -2.13. The number of nitrogens with two attached hydrogens (primary N) is 1. The normalized spacial score (nSPS) is 20.0. The van der Waals surface area contributed by atoms with E-state index in [2.05, 4.69) is 26.0 Å². The first-order valence-corrected chi connectivity index (χ1v) is 25.5. The highest BCUT2D eigenvalue weighted by molar-refractivity contribution is 7.47. The van der Waals surface area contributed by atoms with Gasteiger partial charge in [-0.1, -0.05) is 134 Å². The Hall–Kier alpha value is -1.96. The molecule has 1 saturated carbocycles. The van der Waals surface area contributed by atoms with E-state index in [1.165, 1.54) is 83.5 Å². The van der Waals surface area contributed by atoms with Crippen molar-refractivity contribution in [1.82, 2.24) is 0 Å². The number of ketones is 1. The van der Waals surface area contributed by atoms with Crippen LogP contribution in [0.15, 0.2) is 24.3 Å². The molecule has 1 aliphatic carbocycles. The molecule has 0 spiro atoms. The maximum atomic E-state index is 12.9. The maximum Gasteiger partial charge on any atom is 0.472 e. The third kappa shape index (κ3) is 31.5. The molecule has 0 saturated heterocycles. The Morgan fingerprint density at radius 3 is 1.87 bits per heavy atom. The van der Waals surface area contributed by atoms with Crippen molar-refractivity contribution in [3.05, 3.63) is 24.3 Å². The fraction of sp³-hybridized carbons (Fsp3) is 0.851. The summed E-state index contributed by atoms with van der Waals surface area (Å²) in [4.78, 5) is 48.0. The van der Waals surface area contributed by atoms with Crippen LogP contribution in [0, 0.1) is 11.8 Å². The second kappa shape index (κ2) is 37.4. The molecule has 13 nitrogen and oxygen atoms in total. The molecule has 0 heterocycles. The molecular weight excluding hydrogens is 801 g/mol. The number of esters is 2. The quantitative estimate of drug-likeness (QED) is 0.0168. The molecule has 0 bridgehead atoms. The Bertz CT molecular complexity index is 1230. The second-order valence-corrected chi connectivity index (χ2v) is 18.4. The average molecular weight is 888 g/mol. The Labute approximate surface area is 368 Å². The number of carbonyl (C=O) groups is 3. The van der Waals surface area contributed by atoms with Crippen LogP contribution in [0.5, 0.6) is 0 Å². The minimum absolute atomic E-state index is 0.00588. The molecule has 356 valence electrons. The molecule has 0 amide bonds. The van der Waals surface area contributed by atoms with Gasteiger partial charge in [0.05, 0.1) is 31.5 Å². The van der Waals surface area contributed by atoms with Crippen molar-refractivity contribution in [3.8, 4) is 0 Å². The van der Waals surface area contributed by atoms with Gasteiger partial charge in [0, 0.05) is 50.5 Å². The Kier molecular flexibility index (Phi) is 35.0. The van der Waals surface area contributed by atoms with Gasteiger partial charge in [-0.25, -0.2) is 4.57 Å². The molecular formula is C47H86NO12P. The molecule has 6 N–H and O–H groups in total. The third-order valence-corrected chi connectivity index (χ3v) is 12.3. The SMILES string of the molecule is CCCCCCCC/C=C\CCCCCCCCCCCC(=O)OC[C@H](COP(=O)(O)OCCN)OC(=O)CCCCC(=O)C[C@@H]1[C@@H](/C=C/[C@@H](O)CCCCC)[C@H](O)C[C@@H]1O. The summed E-state index contributed by atoms with van der Waals surface area (Å²) in [5, 5.41) is 31.3. The molecule has 0 aromatic rings. The number of aliphatic hydroxyl groups excluding tert-OH is 3. The molecule has 1 fully saturated rings. The molecule has 0 aromatic carbocycles. The highest BCUT2D eigenvalue weighted by atomic mass is 31.2. The molecule has 1 rings (SSSR count). The highest BCUT2D eigenvalue weighted by Gasteiger charge is 2.41. The van der Waals surface area contributed by atoms with Gasteiger partial charge in [-0.05, 0) is 51.4 Å². The van der Waals surface area contributed by atoms with E-state index in [0.29, 0.717) is 25.7 Å². The van der Waals surface area contributed by atoms with Crippen molar-refractivity contribution in [2.45, 2.75) is 218 Å². The molecule has 61 heavy (non-hydrogen) atoms. The van der Waals surface area contributed by atoms with E-state index in [0.717, 1.165) is 38.5 Å². The fourth-order valence-corrected chi connectivity index (χ4v) is 8.39. The summed E-state index contributed by atoms with van der Waals surface area (Å²) in [6.45, 7) is 3.20. The molecule has 14 heteroatoms. The van der Waals surface area contributed by atoms with E-state index in [1.54, 1.807) is 12.2 Å². The van der Waals surface area contributed by atoms with Crippen LogP contribution in [-0.4, -0.2) is 88.7 Å². The number of aliphatic hydroxyl groups is 3.